The molecule has 5 rings (SSSR count). The van der Waals surface area contributed by atoms with E-state index < -0.39 is 17.3 Å². The zero-order valence-electron chi connectivity index (χ0n) is 15.7. The molecule has 6 nitrogen and oxygen atoms in total. The molecule has 2 heterocycles. The van der Waals surface area contributed by atoms with Crippen molar-refractivity contribution < 1.29 is 18.3 Å². The van der Waals surface area contributed by atoms with E-state index in [4.69, 9.17) is 0 Å². The number of nitrogens with zero attached hydrogens (tertiary/aromatic N) is 4. The monoisotopic (exact) mass is 403 g/mol. The summed E-state index contributed by atoms with van der Waals surface area (Å²) in [7, 11) is 0. The summed E-state index contributed by atoms with van der Waals surface area (Å²) >= 11 is 0. The maximum Gasteiger partial charge on any atom is 0.416 e. The van der Waals surface area contributed by atoms with Crippen LogP contribution in [-0.2, 0) is 6.18 Å². The number of nitrogens with one attached hydrogen (secondary N) is 1. The topological polar surface area (TPSA) is 75.3 Å². The first-order valence-electron chi connectivity index (χ1n) is 9.62. The van der Waals surface area contributed by atoms with E-state index in [1.807, 2.05) is 0 Å². The van der Waals surface area contributed by atoms with E-state index in [2.05, 4.69) is 20.6 Å². The van der Waals surface area contributed by atoms with E-state index in [1.165, 1.54) is 12.1 Å². The summed E-state index contributed by atoms with van der Waals surface area (Å²) in [6.07, 6.45) is 0.188. The molecule has 9 heteroatoms. The van der Waals surface area contributed by atoms with Gasteiger partial charge in [-0.05, 0) is 62.3 Å². The molecule has 2 aliphatic carbocycles. The summed E-state index contributed by atoms with van der Waals surface area (Å²) in [6.45, 7) is 1.79. The smallest absolute Gasteiger partial charge is 0.390 e. The van der Waals surface area contributed by atoms with Crippen LogP contribution in [0, 0.1) is 0 Å². The van der Waals surface area contributed by atoms with Gasteiger partial charge in [-0.25, -0.2) is 0 Å². The van der Waals surface area contributed by atoms with E-state index in [1.54, 1.807) is 23.7 Å². The Morgan fingerprint density at radius 1 is 1.17 bits per heavy atom. The first kappa shape index (κ1) is 18.4. The minimum Gasteiger partial charge on any atom is -0.390 e. The van der Waals surface area contributed by atoms with Crippen LogP contribution >= 0.6 is 0 Å². The van der Waals surface area contributed by atoms with Crippen LogP contribution in [-0.4, -0.2) is 36.6 Å². The standard InChI is InChI=1S/C20H20F3N5O/c1-19(29)9-13(10-19)25-18-27-26-17(16-6-7-24-28(16)18)14-5-4-12(20(21,22)23)8-15(14)11-2-3-11/h4-8,11,13,29H,2-3,9-10H2,1H3,(H,25,27). The van der Waals surface area contributed by atoms with Crippen LogP contribution in [0.4, 0.5) is 19.1 Å². The molecule has 0 amide bonds. The third kappa shape index (κ3) is 3.33. The Balaban J connectivity index is 1.55. The molecule has 29 heavy (non-hydrogen) atoms. The van der Waals surface area contributed by atoms with Gasteiger partial charge in [0, 0.05) is 11.6 Å². The summed E-state index contributed by atoms with van der Waals surface area (Å²) in [5.74, 6) is 0.571. The van der Waals surface area contributed by atoms with Gasteiger partial charge in [0.05, 0.1) is 22.9 Å². The van der Waals surface area contributed by atoms with Crippen molar-refractivity contribution in [3.8, 4) is 11.3 Å². The summed E-state index contributed by atoms with van der Waals surface area (Å²) < 4.78 is 41.2. The molecule has 0 saturated heterocycles. The fraction of sp³-hybridized carbons (Fsp3) is 0.450. The number of aliphatic hydroxyl groups is 1. The van der Waals surface area contributed by atoms with Crippen LogP contribution in [0.15, 0.2) is 30.5 Å². The molecule has 2 fully saturated rings. The predicted molar refractivity (Wildman–Crippen MR) is 100 cm³/mol. The fourth-order valence-corrected chi connectivity index (χ4v) is 4.10. The number of fused-ring (bicyclic) bond motifs is 1. The van der Waals surface area contributed by atoms with Crippen molar-refractivity contribution in [2.24, 2.45) is 0 Å². The van der Waals surface area contributed by atoms with Gasteiger partial charge in [0.15, 0.2) is 0 Å². The third-order valence-electron chi connectivity index (χ3n) is 5.69. The van der Waals surface area contributed by atoms with Crippen LogP contribution in [0.1, 0.15) is 49.7 Å². The Morgan fingerprint density at radius 2 is 1.93 bits per heavy atom. The second kappa shape index (κ2) is 6.16. The number of anilines is 1. The summed E-state index contributed by atoms with van der Waals surface area (Å²) in [4.78, 5) is 0. The van der Waals surface area contributed by atoms with Gasteiger partial charge < -0.3 is 10.4 Å². The minimum atomic E-state index is -4.38. The molecule has 1 aromatic carbocycles. The lowest BCUT2D eigenvalue weighted by molar-refractivity contribution is -0.137. The van der Waals surface area contributed by atoms with Crippen LogP contribution in [0.3, 0.4) is 0 Å². The first-order chi connectivity index (χ1) is 13.7. The molecule has 0 aliphatic heterocycles. The van der Waals surface area contributed by atoms with E-state index >= 15 is 0 Å². The molecule has 0 bridgehead atoms. The number of alkyl halides is 3. The van der Waals surface area contributed by atoms with Crippen LogP contribution < -0.4 is 5.32 Å². The van der Waals surface area contributed by atoms with Crippen molar-refractivity contribution in [1.82, 2.24) is 19.8 Å². The molecule has 2 N–H and O–H groups in total. The summed E-state index contributed by atoms with van der Waals surface area (Å²) in [5, 5.41) is 26.1. The number of benzene rings is 1. The number of hydrogen-bond donors (Lipinski definition) is 2. The van der Waals surface area contributed by atoms with Gasteiger partial charge in [-0.2, -0.15) is 22.8 Å². The third-order valence-corrected chi connectivity index (χ3v) is 5.69. The largest absolute Gasteiger partial charge is 0.416 e. The van der Waals surface area contributed by atoms with Crippen LogP contribution in [0.5, 0.6) is 0 Å². The average Bonchev–Trinajstić information content (AvgIpc) is 3.35. The quantitative estimate of drug-likeness (QED) is 0.688. The van der Waals surface area contributed by atoms with Crippen molar-refractivity contribution in [3.63, 3.8) is 0 Å². The molecular weight excluding hydrogens is 383 g/mol. The Labute approximate surface area is 164 Å². The highest BCUT2D eigenvalue weighted by Gasteiger charge is 2.39. The molecule has 2 aromatic heterocycles. The highest BCUT2D eigenvalue weighted by molar-refractivity contribution is 5.80. The molecule has 2 aliphatic rings. The molecule has 0 unspecified atom stereocenters. The molecule has 152 valence electrons. The van der Waals surface area contributed by atoms with E-state index in [-0.39, 0.29) is 12.0 Å². The zero-order chi connectivity index (χ0) is 20.4. The van der Waals surface area contributed by atoms with E-state index in [0.29, 0.717) is 41.1 Å². The molecule has 0 spiro atoms. The van der Waals surface area contributed by atoms with Crippen molar-refractivity contribution in [1.29, 1.82) is 0 Å². The van der Waals surface area contributed by atoms with Gasteiger partial charge >= 0.3 is 6.18 Å². The molecule has 0 atom stereocenters. The van der Waals surface area contributed by atoms with Crippen molar-refractivity contribution in [3.05, 3.63) is 41.6 Å². The zero-order valence-corrected chi connectivity index (χ0v) is 15.7. The normalized spacial score (nSPS) is 24.5. The summed E-state index contributed by atoms with van der Waals surface area (Å²) in [5.41, 5.74) is 1.20. The molecule has 2 saturated carbocycles. The van der Waals surface area contributed by atoms with E-state index in [0.717, 1.165) is 18.9 Å². The van der Waals surface area contributed by atoms with E-state index in [9.17, 15) is 18.3 Å². The average molecular weight is 403 g/mol. The number of halogens is 3. The fourth-order valence-electron chi connectivity index (χ4n) is 4.10. The van der Waals surface area contributed by atoms with Gasteiger partial charge in [-0.3, -0.25) is 0 Å². The summed E-state index contributed by atoms with van der Waals surface area (Å²) in [6, 6.07) is 5.68. The van der Waals surface area contributed by atoms with Crippen LogP contribution in [0.2, 0.25) is 0 Å². The second-order valence-corrected chi connectivity index (χ2v) is 8.32. The molecular formula is C20H20F3N5O. The van der Waals surface area contributed by atoms with Crippen molar-refractivity contribution in [2.45, 2.75) is 56.3 Å². The Hall–Kier alpha value is -2.68. The van der Waals surface area contributed by atoms with Crippen molar-refractivity contribution in [2.75, 3.05) is 5.32 Å². The first-order valence-corrected chi connectivity index (χ1v) is 9.62. The lowest BCUT2D eigenvalue weighted by Crippen LogP contribution is -2.48. The van der Waals surface area contributed by atoms with Gasteiger partial charge in [0.25, 0.3) is 0 Å². The Morgan fingerprint density at radius 3 is 2.59 bits per heavy atom. The maximum atomic E-state index is 13.2. The molecule has 0 radical (unpaired) electrons. The lowest BCUT2D eigenvalue weighted by Gasteiger charge is -2.41. The predicted octanol–water partition coefficient (Wildman–Crippen LogP) is 4.01. The maximum absolute atomic E-state index is 13.2. The number of hydrogen-bond acceptors (Lipinski definition) is 5. The SMILES string of the molecule is CC1(O)CC(Nc2nnc(-c3ccc(C(F)(F)F)cc3C3CC3)c3ccnn23)C1. The lowest BCUT2D eigenvalue weighted by atomic mass is 9.77. The van der Waals surface area contributed by atoms with Gasteiger partial charge in [-0.1, -0.05) is 6.07 Å². The van der Waals surface area contributed by atoms with Gasteiger partial charge in [-0.15, -0.1) is 10.2 Å². The van der Waals surface area contributed by atoms with Gasteiger partial charge in [0.1, 0.15) is 5.69 Å². The van der Waals surface area contributed by atoms with Crippen molar-refractivity contribution >= 4 is 11.5 Å². The second-order valence-electron chi connectivity index (χ2n) is 8.32. The molecule has 3 aromatic rings. The Kier molecular flexibility index (Phi) is 3.90. The highest BCUT2D eigenvalue weighted by atomic mass is 19.4. The Bertz CT molecular complexity index is 1080. The van der Waals surface area contributed by atoms with Crippen LogP contribution in [0.25, 0.3) is 16.8 Å². The highest BCUT2D eigenvalue weighted by Crippen LogP contribution is 2.46. The number of aromatic nitrogens is 4. The number of rotatable bonds is 4. The minimum absolute atomic E-state index is 0.0747. The van der Waals surface area contributed by atoms with Gasteiger partial charge in [0.2, 0.25) is 5.95 Å².